The largest absolute Gasteiger partial charge is 0.346 e. The lowest BCUT2D eigenvalue weighted by Crippen LogP contribution is -2.19. The Morgan fingerprint density at radius 2 is 2.17 bits per heavy atom. The molecule has 1 atom stereocenters. The monoisotopic (exact) mass is 329 g/mol. The zero-order valence-electron chi connectivity index (χ0n) is 13.1. The number of hydrogen-bond acceptors (Lipinski definition) is 4. The second kappa shape index (κ2) is 6.78. The Morgan fingerprint density at radius 1 is 1.39 bits per heavy atom. The Bertz CT molecular complexity index is 711. The number of hydrogen-bond donors (Lipinski definition) is 2. The lowest BCUT2D eigenvalue weighted by Gasteiger charge is -2.17. The van der Waals surface area contributed by atoms with E-state index in [1.54, 1.807) is 11.3 Å². The van der Waals surface area contributed by atoms with Crippen molar-refractivity contribution in [3.8, 4) is 0 Å². The van der Waals surface area contributed by atoms with Crippen LogP contribution in [0, 0.1) is 0 Å². The number of H-pyrrole nitrogens is 1. The lowest BCUT2D eigenvalue weighted by atomic mass is 10.1. The van der Waals surface area contributed by atoms with Crippen molar-refractivity contribution in [2.75, 3.05) is 5.32 Å². The van der Waals surface area contributed by atoms with Crippen LogP contribution in [0.15, 0.2) is 41.4 Å². The first-order valence-electron chi connectivity index (χ1n) is 7.50. The van der Waals surface area contributed by atoms with Crippen molar-refractivity contribution in [2.45, 2.75) is 32.2 Å². The first-order valence-corrected chi connectivity index (χ1v) is 8.44. The Kier molecular flexibility index (Phi) is 4.57. The van der Waals surface area contributed by atoms with Gasteiger partial charge in [-0.15, -0.1) is 5.10 Å². The molecule has 1 amide bonds. The van der Waals surface area contributed by atoms with E-state index in [1.807, 2.05) is 54.4 Å². The summed E-state index contributed by atoms with van der Waals surface area (Å²) in [6, 6.07) is 5.94. The quantitative estimate of drug-likeness (QED) is 0.727. The molecule has 23 heavy (non-hydrogen) atoms. The summed E-state index contributed by atoms with van der Waals surface area (Å²) in [5.41, 5.74) is 1.12. The van der Waals surface area contributed by atoms with Crippen LogP contribution in [0.3, 0.4) is 0 Å². The number of rotatable bonds is 6. The van der Waals surface area contributed by atoms with Gasteiger partial charge in [0, 0.05) is 18.3 Å². The van der Waals surface area contributed by atoms with Gasteiger partial charge in [0.15, 0.2) is 0 Å². The van der Waals surface area contributed by atoms with Crippen LogP contribution < -0.4 is 5.32 Å². The molecule has 0 radical (unpaired) electrons. The van der Waals surface area contributed by atoms with Gasteiger partial charge in [-0.1, -0.05) is 13.8 Å². The minimum absolute atomic E-state index is 0.0280. The van der Waals surface area contributed by atoms with E-state index >= 15 is 0 Å². The van der Waals surface area contributed by atoms with E-state index in [2.05, 4.69) is 25.9 Å². The van der Waals surface area contributed by atoms with Crippen LogP contribution in [-0.4, -0.2) is 25.7 Å². The molecule has 3 rings (SSSR count). The van der Waals surface area contributed by atoms with Crippen molar-refractivity contribution in [1.82, 2.24) is 19.7 Å². The number of anilines is 1. The highest BCUT2D eigenvalue weighted by atomic mass is 32.1. The Labute approximate surface area is 138 Å². The van der Waals surface area contributed by atoms with E-state index in [9.17, 15) is 4.79 Å². The molecule has 0 aliphatic carbocycles. The third-order valence-electron chi connectivity index (χ3n) is 3.59. The average Bonchev–Trinajstić information content (AvgIpc) is 3.26. The molecular formula is C16H19N5OS. The highest BCUT2D eigenvalue weighted by molar-refractivity contribution is 7.08. The fourth-order valence-electron chi connectivity index (χ4n) is 2.36. The number of thiophene rings is 1. The summed E-state index contributed by atoms with van der Waals surface area (Å²) >= 11 is 1.63. The smallest absolute Gasteiger partial charge is 0.248 e. The van der Waals surface area contributed by atoms with Crippen LogP contribution in [0.2, 0.25) is 0 Å². The van der Waals surface area contributed by atoms with Crippen LogP contribution in [0.4, 0.5) is 5.95 Å². The van der Waals surface area contributed by atoms with E-state index in [4.69, 9.17) is 0 Å². The molecule has 0 spiro atoms. The third kappa shape index (κ3) is 3.68. The fraction of sp³-hybridized carbons (Fsp3) is 0.312. The zero-order valence-corrected chi connectivity index (χ0v) is 13.9. The summed E-state index contributed by atoms with van der Waals surface area (Å²) < 4.78 is 2.04. The molecule has 3 aromatic heterocycles. The molecular weight excluding hydrogens is 310 g/mol. The molecule has 3 aromatic rings. The first kappa shape index (κ1) is 15.5. The van der Waals surface area contributed by atoms with Gasteiger partial charge in [0.25, 0.3) is 0 Å². The summed E-state index contributed by atoms with van der Waals surface area (Å²) in [6.07, 6.45) is 4.27. The van der Waals surface area contributed by atoms with Crippen molar-refractivity contribution in [3.63, 3.8) is 0 Å². The second-order valence-corrected chi connectivity index (χ2v) is 6.43. The molecule has 0 aliphatic rings. The molecule has 120 valence electrons. The van der Waals surface area contributed by atoms with Gasteiger partial charge in [0.2, 0.25) is 11.9 Å². The van der Waals surface area contributed by atoms with Gasteiger partial charge in [-0.2, -0.15) is 16.3 Å². The molecule has 1 unspecified atom stereocenters. The second-order valence-electron chi connectivity index (χ2n) is 5.65. The lowest BCUT2D eigenvalue weighted by molar-refractivity contribution is -0.116. The minimum Gasteiger partial charge on any atom is -0.346 e. The summed E-state index contributed by atoms with van der Waals surface area (Å²) in [7, 11) is 0. The predicted octanol–water partition coefficient (Wildman–Crippen LogP) is 3.41. The number of aromatic amines is 1. The maximum Gasteiger partial charge on any atom is 0.248 e. The van der Waals surface area contributed by atoms with Crippen LogP contribution >= 0.6 is 11.3 Å². The molecule has 0 saturated carbocycles. The molecule has 7 heteroatoms. The summed E-state index contributed by atoms with van der Waals surface area (Å²) in [6.45, 7) is 4.04. The van der Waals surface area contributed by atoms with Gasteiger partial charge in [-0.3, -0.25) is 15.2 Å². The molecule has 3 heterocycles. The van der Waals surface area contributed by atoms with Crippen molar-refractivity contribution in [2.24, 2.45) is 0 Å². The third-order valence-corrected chi connectivity index (χ3v) is 4.30. The van der Waals surface area contributed by atoms with E-state index in [0.717, 1.165) is 11.4 Å². The summed E-state index contributed by atoms with van der Waals surface area (Å²) in [5, 5.41) is 13.7. The topological polar surface area (TPSA) is 75.6 Å². The van der Waals surface area contributed by atoms with Crippen molar-refractivity contribution in [1.29, 1.82) is 0 Å². The molecule has 0 aromatic carbocycles. The van der Waals surface area contributed by atoms with Crippen LogP contribution in [0.5, 0.6) is 0 Å². The average molecular weight is 329 g/mol. The molecule has 6 nitrogen and oxygen atoms in total. The summed E-state index contributed by atoms with van der Waals surface area (Å²) in [5.74, 6) is 1.23. The van der Waals surface area contributed by atoms with Crippen LogP contribution in [0.25, 0.3) is 0 Å². The minimum atomic E-state index is -0.107. The molecule has 0 aliphatic heterocycles. The number of carbonyl (C=O) groups is 1. The maximum atomic E-state index is 12.4. The highest BCUT2D eigenvalue weighted by Crippen LogP contribution is 2.25. The Hall–Kier alpha value is -2.41. The van der Waals surface area contributed by atoms with E-state index in [0.29, 0.717) is 12.4 Å². The molecule has 0 bridgehead atoms. The molecule has 0 fully saturated rings. The maximum absolute atomic E-state index is 12.4. The van der Waals surface area contributed by atoms with Crippen molar-refractivity contribution >= 4 is 23.2 Å². The SMILES string of the molecule is CC(C)c1nc(NC(=O)CC(c2ccsc2)n2cccc2)n[nH]1. The predicted molar refractivity (Wildman–Crippen MR) is 90.6 cm³/mol. The molecule has 0 saturated heterocycles. The first-order chi connectivity index (χ1) is 11.1. The van der Waals surface area contributed by atoms with Crippen molar-refractivity contribution < 1.29 is 4.79 Å². The van der Waals surface area contributed by atoms with Gasteiger partial charge in [0.1, 0.15) is 5.82 Å². The van der Waals surface area contributed by atoms with Gasteiger partial charge >= 0.3 is 0 Å². The van der Waals surface area contributed by atoms with Gasteiger partial charge < -0.3 is 4.57 Å². The van der Waals surface area contributed by atoms with Crippen LogP contribution in [0.1, 0.15) is 43.6 Å². The van der Waals surface area contributed by atoms with E-state index in [1.165, 1.54) is 0 Å². The number of nitrogens with zero attached hydrogens (tertiary/aromatic N) is 3. The Balaban J connectivity index is 1.71. The van der Waals surface area contributed by atoms with Crippen LogP contribution in [-0.2, 0) is 4.79 Å². The zero-order chi connectivity index (χ0) is 16.2. The Morgan fingerprint density at radius 3 is 2.78 bits per heavy atom. The number of nitrogens with one attached hydrogen (secondary N) is 2. The number of aromatic nitrogens is 4. The highest BCUT2D eigenvalue weighted by Gasteiger charge is 2.19. The van der Waals surface area contributed by atoms with E-state index < -0.39 is 0 Å². The number of amides is 1. The van der Waals surface area contributed by atoms with Gasteiger partial charge in [-0.25, -0.2) is 0 Å². The summed E-state index contributed by atoms with van der Waals surface area (Å²) in [4.78, 5) is 16.7. The number of carbonyl (C=O) groups excluding carboxylic acids is 1. The fourth-order valence-corrected chi connectivity index (χ4v) is 3.06. The standard InChI is InChI=1S/C16H19N5OS/c1-11(2)15-18-16(20-19-15)17-14(22)9-13(12-5-8-23-10-12)21-6-3-4-7-21/h3-8,10-11,13H,9H2,1-2H3,(H2,17,18,19,20,22). The van der Waals surface area contributed by atoms with E-state index in [-0.39, 0.29) is 17.9 Å². The normalized spacial score (nSPS) is 12.5. The molecule has 2 N–H and O–H groups in total. The van der Waals surface area contributed by atoms with Crippen molar-refractivity contribution in [3.05, 3.63) is 52.7 Å². The van der Waals surface area contributed by atoms with Gasteiger partial charge in [-0.05, 0) is 34.5 Å². The van der Waals surface area contributed by atoms with Gasteiger partial charge in [0.05, 0.1) is 12.5 Å².